The number of hydrogen-bond acceptors (Lipinski definition) is 3. The van der Waals surface area contributed by atoms with E-state index in [2.05, 4.69) is 15.5 Å². The van der Waals surface area contributed by atoms with E-state index < -0.39 is 0 Å². The monoisotopic (exact) mass is 241 g/mol. The summed E-state index contributed by atoms with van der Waals surface area (Å²) in [6, 6.07) is 4.02. The predicted octanol–water partition coefficient (Wildman–Crippen LogP) is 1.50. The molecule has 0 fully saturated rings. The number of aromatic nitrogens is 4. The zero-order valence-electron chi connectivity index (χ0n) is 9.64. The normalized spacial score (nSPS) is 9.94. The number of aryl methyl sites for hydroxylation is 3. The lowest BCUT2D eigenvalue weighted by Crippen LogP contribution is -2.08. The Morgan fingerprint density at radius 3 is 2.56 bits per heavy atom. The van der Waals surface area contributed by atoms with Gasteiger partial charge in [-0.2, -0.15) is 10.2 Å². The maximum absolute atomic E-state index is 4.27. The van der Waals surface area contributed by atoms with Crippen molar-refractivity contribution in [1.82, 2.24) is 19.6 Å². The molecule has 0 spiro atoms. The maximum atomic E-state index is 4.27. The van der Waals surface area contributed by atoms with Crippen LogP contribution in [0, 0.1) is 6.92 Å². The molecule has 88 valence electrons. The summed E-state index contributed by atoms with van der Waals surface area (Å²) in [6.07, 6.45) is 1.80. The molecule has 2 aromatic heterocycles. The highest BCUT2D eigenvalue weighted by Gasteiger charge is 2.02. The minimum absolute atomic E-state index is 0. The van der Waals surface area contributed by atoms with Crippen LogP contribution in [-0.2, 0) is 20.6 Å². The quantitative estimate of drug-likeness (QED) is 0.886. The second-order valence-electron chi connectivity index (χ2n) is 3.59. The Balaban J connectivity index is 0.00000128. The van der Waals surface area contributed by atoms with Gasteiger partial charge in [0.25, 0.3) is 0 Å². The Kier molecular flexibility index (Phi) is 3.95. The molecule has 0 unspecified atom stereocenters. The van der Waals surface area contributed by atoms with Gasteiger partial charge in [-0.15, -0.1) is 12.4 Å². The zero-order chi connectivity index (χ0) is 10.8. The summed E-state index contributed by atoms with van der Waals surface area (Å²) in [4.78, 5) is 0. The molecule has 0 atom stereocenters. The van der Waals surface area contributed by atoms with Gasteiger partial charge in [0, 0.05) is 26.4 Å². The van der Waals surface area contributed by atoms with Crippen LogP contribution in [0.25, 0.3) is 0 Å². The molecule has 0 radical (unpaired) electrons. The summed E-state index contributed by atoms with van der Waals surface area (Å²) < 4.78 is 3.70. The van der Waals surface area contributed by atoms with Crippen molar-refractivity contribution in [2.45, 2.75) is 13.5 Å². The molecule has 0 aromatic carbocycles. The van der Waals surface area contributed by atoms with Gasteiger partial charge in [0.15, 0.2) is 0 Å². The first-order valence-electron chi connectivity index (χ1n) is 4.88. The molecule has 0 amide bonds. The summed E-state index contributed by atoms with van der Waals surface area (Å²) in [5.74, 6) is 1.02. The van der Waals surface area contributed by atoms with Crippen LogP contribution in [0.4, 0.5) is 5.82 Å². The van der Waals surface area contributed by atoms with Crippen molar-refractivity contribution in [1.29, 1.82) is 0 Å². The number of halogens is 1. The molecule has 0 aliphatic carbocycles. The van der Waals surface area contributed by atoms with Gasteiger partial charge in [0.1, 0.15) is 5.82 Å². The van der Waals surface area contributed by atoms with Gasteiger partial charge in [-0.1, -0.05) is 0 Å². The van der Waals surface area contributed by atoms with Crippen LogP contribution in [0.2, 0.25) is 0 Å². The number of nitrogens with one attached hydrogen (secondary N) is 1. The Labute approximate surface area is 101 Å². The van der Waals surface area contributed by atoms with Crippen molar-refractivity contribution in [2.24, 2.45) is 14.1 Å². The van der Waals surface area contributed by atoms with Gasteiger partial charge < -0.3 is 5.32 Å². The van der Waals surface area contributed by atoms with Gasteiger partial charge in [0.05, 0.1) is 17.9 Å². The molecule has 0 aliphatic rings. The average Bonchev–Trinajstić information content (AvgIpc) is 2.70. The van der Waals surface area contributed by atoms with Crippen LogP contribution in [0.5, 0.6) is 0 Å². The molecule has 16 heavy (non-hydrogen) atoms. The van der Waals surface area contributed by atoms with Crippen molar-refractivity contribution >= 4 is 18.2 Å². The number of anilines is 1. The van der Waals surface area contributed by atoms with E-state index in [0.29, 0.717) is 0 Å². The molecule has 0 bridgehead atoms. The van der Waals surface area contributed by atoms with Gasteiger partial charge in [0.2, 0.25) is 0 Å². The molecule has 1 N–H and O–H groups in total. The van der Waals surface area contributed by atoms with E-state index in [1.807, 2.05) is 42.5 Å². The molecule has 0 saturated carbocycles. The summed E-state index contributed by atoms with van der Waals surface area (Å²) in [5.41, 5.74) is 2.17. The third-order valence-electron chi connectivity index (χ3n) is 2.38. The summed E-state index contributed by atoms with van der Waals surface area (Å²) >= 11 is 0. The summed E-state index contributed by atoms with van der Waals surface area (Å²) in [7, 11) is 3.87. The zero-order valence-corrected chi connectivity index (χ0v) is 10.5. The minimum Gasteiger partial charge on any atom is -0.365 e. The molecular weight excluding hydrogens is 226 g/mol. The molecule has 2 aromatic rings. The van der Waals surface area contributed by atoms with Crippen LogP contribution < -0.4 is 5.32 Å². The highest BCUT2D eigenvalue weighted by atomic mass is 35.5. The van der Waals surface area contributed by atoms with Gasteiger partial charge in [-0.05, 0) is 13.0 Å². The molecular formula is C10H16ClN5. The standard InChI is InChI=1S/C10H15N5.ClH/c1-8-6-10(15(3)13-8)11-7-9-4-5-12-14(9)2;/h4-6,11H,7H2,1-3H3;1H. The van der Waals surface area contributed by atoms with Crippen molar-refractivity contribution in [3.63, 3.8) is 0 Å². The van der Waals surface area contributed by atoms with E-state index in [9.17, 15) is 0 Å². The van der Waals surface area contributed by atoms with Crippen molar-refractivity contribution in [3.8, 4) is 0 Å². The average molecular weight is 242 g/mol. The highest BCUT2D eigenvalue weighted by Crippen LogP contribution is 2.09. The molecule has 0 aliphatic heterocycles. The number of rotatable bonds is 3. The summed E-state index contributed by atoms with van der Waals surface area (Å²) in [6.45, 7) is 2.74. The maximum Gasteiger partial charge on any atom is 0.124 e. The second-order valence-corrected chi connectivity index (χ2v) is 3.59. The minimum atomic E-state index is 0. The predicted molar refractivity (Wildman–Crippen MR) is 65.7 cm³/mol. The fraction of sp³-hybridized carbons (Fsp3) is 0.400. The Morgan fingerprint density at radius 1 is 1.31 bits per heavy atom. The fourth-order valence-electron chi connectivity index (χ4n) is 1.53. The third kappa shape index (κ3) is 2.55. The summed E-state index contributed by atoms with van der Waals surface area (Å²) in [5, 5.41) is 11.7. The molecule has 2 heterocycles. The number of nitrogens with zero attached hydrogens (tertiary/aromatic N) is 4. The van der Waals surface area contributed by atoms with Gasteiger partial charge in [-0.25, -0.2) is 0 Å². The van der Waals surface area contributed by atoms with Gasteiger partial charge >= 0.3 is 0 Å². The lowest BCUT2D eigenvalue weighted by atomic mass is 10.4. The van der Waals surface area contributed by atoms with Crippen LogP contribution >= 0.6 is 12.4 Å². The Hall–Kier alpha value is -1.49. The molecule has 0 saturated heterocycles. The lowest BCUT2D eigenvalue weighted by Gasteiger charge is -2.06. The van der Waals surface area contributed by atoms with E-state index in [1.165, 1.54) is 0 Å². The highest BCUT2D eigenvalue weighted by molar-refractivity contribution is 5.85. The smallest absolute Gasteiger partial charge is 0.124 e. The molecule has 2 rings (SSSR count). The van der Waals surface area contributed by atoms with E-state index >= 15 is 0 Å². The first kappa shape index (κ1) is 12.6. The van der Waals surface area contributed by atoms with E-state index in [1.54, 1.807) is 6.20 Å². The van der Waals surface area contributed by atoms with Crippen LogP contribution in [-0.4, -0.2) is 19.6 Å². The van der Waals surface area contributed by atoms with Crippen LogP contribution in [0.15, 0.2) is 18.3 Å². The van der Waals surface area contributed by atoms with E-state index in [0.717, 1.165) is 23.8 Å². The number of hydrogen-bond donors (Lipinski definition) is 1. The molecule has 5 nitrogen and oxygen atoms in total. The topological polar surface area (TPSA) is 47.7 Å². The Bertz CT molecular complexity index is 459. The first-order valence-corrected chi connectivity index (χ1v) is 4.88. The van der Waals surface area contributed by atoms with E-state index in [-0.39, 0.29) is 12.4 Å². The first-order chi connectivity index (χ1) is 7.16. The SMILES string of the molecule is Cc1cc(NCc2ccnn2C)n(C)n1.Cl. The second kappa shape index (κ2) is 5.03. The van der Waals surface area contributed by atoms with Crippen molar-refractivity contribution in [3.05, 3.63) is 29.7 Å². The van der Waals surface area contributed by atoms with E-state index in [4.69, 9.17) is 0 Å². The lowest BCUT2D eigenvalue weighted by molar-refractivity contribution is 0.712. The van der Waals surface area contributed by atoms with Gasteiger partial charge in [-0.3, -0.25) is 9.36 Å². The molecule has 6 heteroatoms. The third-order valence-corrected chi connectivity index (χ3v) is 2.38. The van der Waals surface area contributed by atoms with Crippen LogP contribution in [0.3, 0.4) is 0 Å². The fourth-order valence-corrected chi connectivity index (χ4v) is 1.53. The van der Waals surface area contributed by atoms with Crippen molar-refractivity contribution < 1.29 is 0 Å². The Morgan fingerprint density at radius 2 is 2.06 bits per heavy atom. The largest absolute Gasteiger partial charge is 0.365 e. The van der Waals surface area contributed by atoms with Crippen LogP contribution in [0.1, 0.15) is 11.4 Å². The van der Waals surface area contributed by atoms with Crippen molar-refractivity contribution in [2.75, 3.05) is 5.32 Å².